The molecule has 0 spiro atoms. The molecule has 3 rings (SSSR count). The minimum Gasteiger partial charge on any atom is -0.466 e. The van der Waals surface area contributed by atoms with Gasteiger partial charge in [0.05, 0.1) is 23.1 Å². The van der Waals surface area contributed by atoms with Gasteiger partial charge in [-0.1, -0.05) is 6.07 Å². The minimum absolute atomic E-state index is 0.0218. The van der Waals surface area contributed by atoms with Gasteiger partial charge in [0.15, 0.2) is 0 Å². The van der Waals surface area contributed by atoms with Crippen molar-refractivity contribution in [1.29, 1.82) is 0 Å². The number of amides is 1. The van der Waals surface area contributed by atoms with Crippen molar-refractivity contribution in [1.82, 2.24) is 9.88 Å². The lowest BCUT2D eigenvalue weighted by atomic mass is 9.99. The monoisotopic (exact) mass is 408 g/mol. The standard InChI is InChI=1S/C18H20N2O5S2/c1-2-25-17(21)13-6-5-11-20(12-13)18(22)27(23,24)16-9-8-15(26-16)14-7-3-4-10-19-14/h3-4,7-10,13H,2,5-6,11-12H2,1H3/t13-/m1/s1. The number of esters is 1. The molecular weight excluding hydrogens is 388 g/mol. The third kappa shape index (κ3) is 4.19. The van der Waals surface area contributed by atoms with Gasteiger partial charge in [0.25, 0.3) is 9.84 Å². The van der Waals surface area contributed by atoms with E-state index >= 15 is 0 Å². The van der Waals surface area contributed by atoms with Crippen molar-refractivity contribution in [2.45, 2.75) is 24.0 Å². The van der Waals surface area contributed by atoms with Crippen LogP contribution in [0.25, 0.3) is 10.6 Å². The Balaban J connectivity index is 1.77. The Hall–Kier alpha value is -2.26. The zero-order valence-electron chi connectivity index (χ0n) is 14.8. The van der Waals surface area contributed by atoms with Gasteiger partial charge in [0.2, 0.25) is 0 Å². The highest BCUT2D eigenvalue weighted by Crippen LogP contribution is 2.31. The van der Waals surface area contributed by atoms with Crippen molar-refractivity contribution in [3.63, 3.8) is 0 Å². The molecule has 0 radical (unpaired) electrons. The van der Waals surface area contributed by atoms with Crippen LogP contribution >= 0.6 is 11.3 Å². The van der Waals surface area contributed by atoms with E-state index < -0.39 is 21.0 Å². The van der Waals surface area contributed by atoms with Crippen molar-refractivity contribution < 1.29 is 22.7 Å². The number of sulfone groups is 1. The molecule has 3 heterocycles. The largest absolute Gasteiger partial charge is 0.466 e. The molecule has 144 valence electrons. The Bertz CT molecular complexity index is 924. The van der Waals surface area contributed by atoms with Gasteiger partial charge in [-0.05, 0) is 44.0 Å². The number of thiophene rings is 1. The van der Waals surface area contributed by atoms with Crippen molar-refractivity contribution in [2.75, 3.05) is 19.7 Å². The number of hydrogen-bond donors (Lipinski definition) is 0. The first-order valence-corrected chi connectivity index (χ1v) is 11.0. The molecule has 0 N–H and O–H groups in total. The first kappa shape index (κ1) is 19.5. The van der Waals surface area contributed by atoms with Crippen LogP contribution in [0, 0.1) is 5.92 Å². The summed E-state index contributed by atoms with van der Waals surface area (Å²) in [6.45, 7) is 2.35. The smallest absolute Gasteiger partial charge is 0.344 e. The topological polar surface area (TPSA) is 93.6 Å². The average molecular weight is 409 g/mol. The van der Waals surface area contributed by atoms with Gasteiger partial charge < -0.3 is 9.64 Å². The SMILES string of the molecule is CCOC(=O)[C@@H]1CCCN(C(=O)S(=O)(=O)c2ccc(-c3ccccn3)s2)C1. The number of carbonyl (C=O) groups excluding carboxylic acids is 2. The van der Waals surface area contributed by atoms with Crippen molar-refractivity contribution in [2.24, 2.45) is 5.92 Å². The van der Waals surface area contributed by atoms with Crippen molar-refractivity contribution in [3.8, 4) is 10.6 Å². The van der Waals surface area contributed by atoms with E-state index in [1.807, 2.05) is 6.07 Å². The highest BCUT2D eigenvalue weighted by molar-refractivity contribution is 8.07. The molecule has 2 aromatic heterocycles. The van der Waals surface area contributed by atoms with Gasteiger partial charge in [-0.25, -0.2) is 8.42 Å². The maximum Gasteiger partial charge on any atom is 0.344 e. The minimum atomic E-state index is -4.16. The summed E-state index contributed by atoms with van der Waals surface area (Å²) >= 11 is 1.01. The Labute approximate surface area is 161 Å². The molecular formula is C18H20N2O5S2. The number of carbonyl (C=O) groups is 2. The molecule has 9 heteroatoms. The molecule has 1 saturated heterocycles. The van der Waals surface area contributed by atoms with E-state index in [2.05, 4.69) is 4.98 Å². The van der Waals surface area contributed by atoms with Crippen LogP contribution in [0.1, 0.15) is 19.8 Å². The normalized spacial score (nSPS) is 17.5. The van der Waals surface area contributed by atoms with Gasteiger partial charge in [0, 0.05) is 19.3 Å². The van der Waals surface area contributed by atoms with E-state index in [1.54, 1.807) is 31.3 Å². The summed E-state index contributed by atoms with van der Waals surface area (Å²) < 4.78 is 30.5. The molecule has 0 aliphatic carbocycles. The van der Waals surface area contributed by atoms with Gasteiger partial charge in [0.1, 0.15) is 4.21 Å². The van der Waals surface area contributed by atoms with Crippen LogP contribution in [0.2, 0.25) is 0 Å². The van der Waals surface area contributed by atoms with Crippen molar-refractivity contribution >= 4 is 32.4 Å². The van der Waals surface area contributed by atoms with Gasteiger partial charge in [-0.3, -0.25) is 14.6 Å². The summed E-state index contributed by atoms with van der Waals surface area (Å²) in [5, 5.41) is -0.967. The van der Waals surface area contributed by atoms with E-state index in [-0.39, 0.29) is 23.3 Å². The Morgan fingerprint density at radius 1 is 1.30 bits per heavy atom. The fourth-order valence-corrected chi connectivity index (χ4v) is 5.52. The Morgan fingerprint density at radius 2 is 2.11 bits per heavy atom. The zero-order valence-corrected chi connectivity index (χ0v) is 16.5. The summed E-state index contributed by atoms with van der Waals surface area (Å²) in [6.07, 6.45) is 2.78. The molecule has 7 nitrogen and oxygen atoms in total. The lowest BCUT2D eigenvalue weighted by Crippen LogP contribution is -2.44. The quantitative estimate of drug-likeness (QED) is 0.722. The predicted octanol–water partition coefficient (Wildman–Crippen LogP) is 2.98. The molecule has 1 atom stereocenters. The number of ether oxygens (including phenoxy) is 1. The molecule has 1 aliphatic rings. The Morgan fingerprint density at radius 3 is 2.81 bits per heavy atom. The molecule has 27 heavy (non-hydrogen) atoms. The van der Waals surface area contributed by atoms with E-state index in [9.17, 15) is 18.0 Å². The first-order valence-electron chi connectivity index (χ1n) is 8.65. The number of nitrogens with zero attached hydrogens (tertiary/aromatic N) is 2. The molecule has 0 saturated carbocycles. The number of pyridine rings is 1. The van der Waals surface area contributed by atoms with Gasteiger partial charge in [-0.2, -0.15) is 0 Å². The van der Waals surface area contributed by atoms with Crippen LogP contribution in [0.15, 0.2) is 40.7 Å². The van der Waals surface area contributed by atoms with E-state index in [0.717, 1.165) is 11.3 Å². The third-order valence-electron chi connectivity index (χ3n) is 4.29. The fourth-order valence-electron chi connectivity index (χ4n) is 2.96. The average Bonchev–Trinajstić information content (AvgIpc) is 3.19. The molecule has 1 amide bonds. The highest BCUT2D eigenvalue weighted by atomic mass is 32.2. The van der Waals surface area contributed by atoms with Crippen LogP contribution in [0.3, 0.4) is 0 Å². The molecule has 1 aliphatic heterocycles. The van der Waals surface area contributed by atoms with Gasteiger partial charge >= 0.3 is 11.2 Å². The predicted molar refractivity (Wildman–Crippen MR) is 101 cm³/mol. The van der Waals surface area contributed by atoms with Crippen LogP contribution in [-0.4, -0.2) is 49.2 Å². The molecule has 2 aromatic rings. The number of aromatic nitrogens is 1. The van der Waals surface area contributed by atoms with E-state index in [1.165, 1.54) is 11.0 Å². The number of likely N-dealkylation sites (tertiary alicyclic amines) is 1. The maximum atomic E-state index is 12.8. The summed E-state index contributed by atoms with van der Waals surface area (Å²) in [5.41, 5.74) is 0.650. The second-order valence-electron chi connectivity index (χ2n) is 6.14. The number of rotatable bonds is 4. The summed E-state index contributed by atoms with van der Waals surface area (Å²) in [5.74, 6) is -0.869. The van der Waals surface area contributed by atoms with E-state index in [4.69, 9.17) is 4.74 Å². The van der Waals surface area contributed by atoms with Crippen LogP contribution in [0.5, 0.6) is 0 Å². The Kier molecular flexibility index (Phi) is 5.91. The lowest BCUT2D eigenvalue weighted by molar-refractivity contribution is -0.149. The van der Waals surface area contributed by atoms with Crippen LogP contribution in [-0.2, 0) is 19.4 Å². The second-order valence-corrected chi connectivity index (χ2v) is 9.28. The summed E-state index contributed by atoms with van der Waals surface area (Å²) in [7, 11) is -4.16. The third-order valence-corrected chi connectivity index (χ3v) is 7.49. The lowest BCUT2D eigenvalue weighted by Gasteiger charge is -2.30. The number of piperidine rings is 1. The van der Waals surface area contributed by atoms with Crippen LogP contribution < -0.4 is 0 Å². The number of hydrogen-bond acceptors (Lipinski definition) is 7. The first-order chi connectivity index (χ1) is 12.9. The molecule has 1 fully saturated rings. The molecule has 0 unspecified atom stereocenters. The van der Waals surface area contributed by atoms with Crippen LogP contribution in [0.4, 0.5) is 4.79 Å². The summed E-state index contributed by atoms with van der Waals surface area (Å²) in [4.78, 5) is 30.7. The highest BCUT2D eigenvalue weighted by Gasteiger charge is 2.36. The maximum absolute atomic E-state index is 12.8. The van der Waals surface area contributed by atoms with Crippen molar-refractivity contribution in [3.05, 3.63) is 36.5 Å². The zero-order chi connectivity index (χ0) is 19.4. The van der Waals surface area contributed by atoms with Gasteiger partial charge in [-0.15, -0.1) is 11.3 Å². The second kappa shape index (κ2) is 8.18. The molecule has 0 aromatic carbocycles. The fraction of sp³-hybridized carbons (Fsp3) is 0.389. The van der Waals surface area contributed by atoms with E-state index in [0.29, 0.717) is 30.0 Å². The molecule has 0 bridgehead atoms. The summed E-state index contributed by atoms with van der Waals surface area (Å²) in [6, 6.07) is 8.43.